The van der Waals surface area contributed by atoms with Crippen molar-refractivity contribution in [2.24, 2.45) is 62.1 Å². The van der Waals surface area contributed by atoms with E-state index in [1.807, 2.05) is 13.8 Å². The van der Waals surface area contributed by atoms with Gasteiger partial charge in [0, 0.05) is 5.41 Å². The van der Waals surface area contributed by atoms with Crippen molar-refractivity contribution >= 4 is 11.9 Å². The van der Waals surface area contributed by atoms with Crippen molar-refractivity contribution in [1.29, 1.82) is 0 Å². The molecule has 1 N–H and O–H groups in total. The Hall–Kier alpha value is -1.58. The van der Waals surface area contributed by atoms with Gasteiger partial charge in [0.25, 0.3) is 0 Å². The zero-order chi connectivity index (χ0) is 30.2. The van der Waals surface area contributed by atoms with Gasteiger partial charge in [0.05, 0.1) is 19.4 Å². The van der Waals surface area contributed by atoms with Crippen molar-refractivity contribution in [2.75, 3.05) is 6.61 Å². The van der Waals surface area contributed by atoms with Gasteiger partial charge in [-0.1, -0.05) is 72.8 Å². The zero-order valence-corrected chi connectivity index (χ0v) is 27.4. The van der Waals surface area contributed by atoms with Crippen LogP contribution in [0.2, 0.25) is 0 Å². The molecular formula is C37H58O4. The Morgan fingerprint density at radius 2 is 1.63 bits per heavy atom. The van der Waals surface area contributed by atoms with Gasteiger partial charge in [0.1, 0.15) is 0 Å². The van der Waals surface area contributed by atoms with Crippen LogP contribution in [0, 0.1) is 62.1 Å². The molecule has 9 atom stereocenters. The number of carboxylic acid groups (broad SMARTS) is 1. The van der Waals surface area contributed by atoms with Gasteiger partial charge in [-0.3, -0.25) is 9.59 Å². The second-order valence-corrected chi connectivity index (χ2v) is 17.5. The number of rotatable bonds is 7. The monoisotopic (exact) mass is 566 g/mol. The van der Waals surface area contributed by atoms with E-state index >= 15 is 0 Å². The van der Waals surface area contributed by atoms with E-state index in [2.05, 4.69) is 60.3 Å². The third kappa shape index (κ3) is 4.76. The molecule has 4 saturated carbocycles. The van der Waals surface area contributed by atoms with E-state index in [9.17, 15) is 14.7 Å². The summed E-state index contributed by atoms with van der Waals surface area (Å²) in [5.74, 6) is 2.00. The molecule has 0 amide bonds. The molecule has 230 valence electrons. The molecule has 0 heterocycles. The van der Waals surface area contributed by atoms with Crippen LogP contribution in [0.15, 0.2) is 24.3 Å². The topological polar surface area (TPSA) is 63.6 Å². The Labute approximate surface area is 250 Å². The summed E-state index contributed by atoms with van der Waals surface area (Å²) in [5.41, 5.74) is 1.93. The molecule has 4 fully saturated rings. The first-order valence-corrected chi connectivity index (χ1v) is 16.6. The highest BCUT2D eigenvalue weighted by molar-refractivity contribution is 5.73. The Morgan fingerprint density at radius 3 is 2.29 bits per heavy atom. The Morgan fingerprint density at radius 1 is 0.927 bits per heavy atom. The molecule has 4 nitrogen and oxygen atoms in total. The van der Waals surface area contributed by atoms with E-state index in [0.29, 0.717) is 35.2 Å². The predicted octanol–water partition coefficient (Wildman–Crippen LogP) is 9.24. The molecule has 0 saturated heterocycles. The first-order chi connectivity index (χ1) is 18.9. The summed E-state index contributed by atoms with van der Waals surface area (Å²) in [4.78, 5) is 24.4. The van der Waals surface area contributed by atoms with Gasteiger partial charge in [-0.2, -0.15) is 0 Å². The average Bonchev–Trinajstić information content (AvgIpc) is 3.22. The Kier molecular flexibility index (Phi) is 7.51. The molecule has 0 aromatic rings. The minimum absolute atomic E-state index is 0.0141. The van der Waals surface area contributed by atoms with Crippen LogP contribution < -0.4 is 0 Å². The van der Waals surface area contributed by atoms with Crippen LogP contribution in [0.3, 0.4) is 0 Å². The van der Waals surface area contributed by atoms with Crippen LogP contribution in [-0.2, 0) is 14.3 Å². The zero-order valence-electron chi connectivity index (χ0n) is 27.4. The van der Waals surface area contributed by atoms with Crippen molar-refractivity contribution in [3.63, 3.8) is 0 Å². The SMILES string of the molecule is C=C(C)[C@@H]1CC[C@]2(COC(=O)CC(C)(C)CC(=O)O)CC[C@]3(C)C(CCC4[C@@]5(C)CC=CC(C)(C)C5CC[C@]43C)C12. The molecule has 0 aromatic carbocycles. The van der Waals surface area contributed by atoms with Gasteiger partial charge in [-0.05, 0) is 121 Å². The van der Waals surface area contributed by atoms with Crippen molar-refractivity contribution in [2.45, 2.75) is 126 Å². The smallest absolute Gasteiger partial charge is 0.306 e. The first kappa shape index (κ1) is 30.9. The first-order valence-electron chi connectivity index (χ1n) is 16.6. The van der Waals surface area contributed by atoms with Crippen LogP contribution in [0.1, 0.15) is 126 Å². The number of hydrogen-bond acceptors (Lipinski definition) is 3. The molecule has 5 aliphatic rings. The van der Waals surface area contributed by atoms with Crippen LogP contribution in [0.5, 0.6) is 0 Å². The minimum Gasteiger partial charge on any atom is -0.481 e. The molecular weight excluding hydrogens is 508 g/mol. The standard InChI is InChI=1S/C37H58O4/c1-24(2)25-13-18-37(23-41-30(40)22-32(3,4)21-29(38)39)20-19-35(8)26(31(25)37)11-12-28-34(7)16-10-15-33(5,6)27(34)14-17-36(28,35)9/h10,15,25-28,31H,1,11-14,16-23H2,2-9H3,(H,38,39)/t25-,26?,27?,28?,31?,34-,35+,36+,37+/m0/s1. The number of ether oxygens (including phenoxy) is 1. The minimum atomic E-state index is -0.868. The highest BCUT2D eigenvalue weighted by Gasteiger charge is 2.70. The maximum atomic E-state index is 13.1. The molecule has 0 aromatic heterocycles. The molecule has 4 heteroatoms. The van der Waals surface area contributed by atoms with Crippen molar-refractivity contribution < 1.29 is 19.4 Å². The Bertz CT molecular complexity index is 1120. The maximum Gasteiger partial charge on any atom is 0.306 e. The van der Waals surface area contributed by atoms with E-state index in [0.717, 1.165) is 31.1 Å². The lowest BCUT2D eigenvalue weighted by Gasteiger charge is -2.72. The van der Waals surface area contributed by atoms with Gasteiger partial charge in [0.15, 0.2) is 0 Å². The molecule has 41 heavy (non-hydrogen) atoms. The van der Waals surface area contributed by atoms with Gasteiger partial charge >= 0.3 is 11.9 Å². The summed E-state index contributed by atoms with van der Waals surface area (Å²) in [6.07, 6.45) is 16.2. The summed E-state index contributed by atoms with van der Waals surface area (Å²) in [6, 6.07) is 0. The second-order valence-electron chi connectivity index (χ2n) is 17.5. The van der Waals surface area contributed by atoms with E-state index in [1.54, 1.807) is 0 Å². The van der Waals surface area contributed by atoms with Gasteiger partial charge in [-0.25, -0.2) is 0 Å². The van der Waals surface area contributed by atoms with Gasteiger partial charge < -0.3 is 9.84 Å². The number of hydrogen-bond donors (Lipinski definition) is 1. The van der Waals surface area contributed by atoms with Crippen molar-refractivity contribution in [3.05, 3.63) is 24.3 Å². The number of carbonyl (C=O) groups excluding carboxylic acids is 1. The predicted molar refractivity (Wildman–Crippen MR) is 165 cm³/mol. The van der Waals surface area contributed by atoms with Crippen LogP contribution in [0.25, 0.3) is 0 Å². The third-order valence-electron chi connectivity index (χ3n) is 14.3. The number of esters is 1. The highest BCUT2D eigenvalue weighted by Crippen LogP contribution is 2.77. The number of carbonyl (C=O) groups is 2. The average molecular weight is 567 g/mol. The van der Waals surface area contributed by atoms with Crippen molar-refractivity contribution in [3.8, 4) is 0 Å². The summed E-state index contributed by atoms with van der Waals surface area (Å²) in [5, 5.41) is 9.28. The fourth-order valence-electron chi connectivity index (χ4n) is 12.3. The molecule has 0 spiro atoms. The van der Waals surface area contributed by atoms with E-state index in [-0.39, 0.29) is 35.1 Å². The second kappa shape index (κ2) is 9.98. The molecule has 4 unspecified atom stereocenters. The summed E-state index contributed by atoms with van der Waals surface area (Å²) < 4.78 is 6.12. The number of carboxylic acids is 1. The van der Waals surface area contributed by atoms with Crippen LogP contribution in [0.4, 0.5) is 0 Å². The quantitative estimate of drug-likeness (QED) is 0.246. The fourth-order valence-corrected chi connectivity index (χ4v) is 12.3. The normalized spacial score (nSPS) is 44.6. The fraction of sp³-hybridized carbons (Fsp3) is 0.838. The van der Waals surface area contributed by atoms with Crippen LogP contribution in [-0.4, -0.2) is 23.7 Å². The van der Waals surface area contributed by atoms with Gasteiger partial charge in [0.2, 0.25) is 0 Å². The highest BCUT2D eigenvalue weighted by atomic mass is 16.5. The van der Waals surface area contributed by atoms with Crippen LogP contribution >= 0.6 is 0 Å². The summed E-state index contributed by atoms with van der Waals surface area (Å²) >= 11 is 0. The number of aliphatic carboxylic acids is 1. The van der Waals surface area contributed by atoms with E-state index in [1.165, 1.54) is 44.1 Å². The molecule has 5 aliphatic carbocycles. The lowest BCUT2D eigenvalue weighted by atomic mass is 9.33. The van der Waals surface area contributed by atoms with Crippen molar-refractivity contribution in [1.82, 2.24) is 0 Å². The molecule has 5 rings (SSSR count). The summed E-state index contributed by atoms with van der Waals surface area (Å²) in [6.45, 7) is 23.8. The molecule has 0 aliphatic heterocycles. The van der Waals surface area contributed by atoms with Gasteiger partial charge in [-0.15, -0.1) is 0 Å². The lowest BCUT2D eigenvalue weighted by Crippen LogP contribution is -2.65. The molecule has 0 bridgehead atoms. The molecule has 0 radical (unpaired) electrons. The third-order valence-corrected chi connectivity index (χ3v) is 14.3. The van der Waals surface area contributed by atoms with E-state index in [4.69, 9.17) is 4.74 Å². The number of fused-ring (bicyclic) bond motifs is 7. The largest absolute Gasteiger partial charge is 0.481 e. The number of allylic oxidation sites excluding steroid dienone is 3. The lowest BCUT2D eigenvalue weighted by molar-refractivity contribution is -0.230. The van der Waals surface area contributed by atoms with E-state index < -0.39 is 11.4 Å². The maximum absolute atomic E-state index is 13.1. The Balaban J connectivity index is 1.42. The summed E-state index contributed by atoms with van der Waals surface area (Å²) in [7, 11) is 0.